The normalized spacial score (nSPS) is 12.3. The monoisotopic (exact) mass is 578 g/mol. The minimum absolute atomic E-state index is 0.305. The molecule has 0 spiro atoms. The van der Waals surface area contributed by atoms with Gasteiger partial charge in [-0.2, -0.15) is 5.10 Å². The first-order valence-electron chi connectivity index (χ1n) is 12.4. The Bertz CT molecular complexity index is 1750. The van der Waals surface area contributed by atoms with Gasteiger partial charge >= 0.3 is 6.36 Å². The van der Waals surface area contributed by atoms with Crippen molar-refractivity contribution in [3.05, 3.63) is 99.6 Å². The second-order valence-corrected chi connectivity index (χ2v) is 9.96. The van der Waals surface area contributed by atoms with E-state index in [1.807, 2.05) is 62.5 Å². The largest absolute Gasteiger partial charge is 0.573 e. The second kappa shape index (κ2) is 11.4. The summed E-state index contributed by atoms with van der Waals surface area (Å²) in [6.07, 6.45) is -1.57. The van der Waals surface area contributed by atoms with Crippen LogP contribution in [-0.2, 0) is 0 Å². The molecule has 5 rings (SSSR count). The smallest absolute Gasteiger partial charge is 0.497 e. The molecule has 12 heteroatoms. The van der Waals surface area contributed by atoms with Gasteiger partial charge in [0.1, 0.15) is 17.8 Å². The minimum Gasteiger partial charge on any atom is -0.497 e. The number of hydrogen-bond acceptors (Lipinski definition) is 7. The number of benzene rings is 3. The fourth-order valence-electron chi connectivity index (χ4n) is 4.30. The first-order chi connectivity index (χ1) is 19.6. The summed E-state index contributed by atoms with van der Waals surface area (Å²) in [7, 11) is 1.66. The highest BCUT2D eigenvalue weighted by atomic mass is 32.1. The topological polar surface area (TPSA) is 78.8 Å². The molecule has 0 radical (unpaired) electrons. The maximum Gasteiger partial charge on any atom is 0.573 e. The molecule has 8 nitrogen and oxygen atoms in total. The lowest BCUT2D eigenvalue weighted by molar-refractivity contribution is -0.274. The third-order valence-corrected chi connectivity index (χ3v) is 7.08. The van der Waals surface area contributed by atoms with E-state index in [-0.39, 0.29) is 5.75 Å². The Morgan fingerprint density at radius 3 is 2.24 bits per heavy atom. The number of hydrogen-bond donors (Lipinski definition) is 0. The van der Waals surface area contributed by atoms with Gasteiger partial charge in [0.05, 0.1) is 24.7 Å². The number of nitrogens with zero attached hydrogens (tertiary/aromatic N) is 6. The molecular weight excluding hydrogens is 553 g/mol. The predicted molar refractivity (Wildman–Crippen MR) is 151 cm³/mol. The molecule has 0 bridgehead atoms. The summed E-state index contributed by atoms with van der Waals surface area (Å²) < 4.78 is 50.1. The number of halogens is 3. The lowest BCUT2D eigenvalue weighted by Gasteiger charge is -2.14. The van der Waals surface area contributed by atoms with Gasteiger partial charge in [0.2, 0.25) is 4.80 Å². The van der Waals surface area contributed by atoms with Gasteiger partial charge in [-0.25, -0.2) is 9.67 Å². The highest BCUT2D eigenvalue weighted by molar-refractivity contribution is 7.07. The van der Waals surface area contributed by atoms with Crippen LogP contribution in [0.5, 0.6) is 11.5 Å². The van der Waals surface area contributed by atoms with Crippen LogP contribution in [0.4, 0.5) is 13.2 Å². The lowest BCUT2D eigenvalue weighted by atomic mass is 10.1. The highest BCUT2D eigenvalue weighted by Gasteiger charge is 2.31. The molecule has 0 saturated heterocycles. The van der Waals surface area contributed by atoms with Crippen LogP contribution in [0.1, 0.15) is 22.4 Å². The molecule has 3 aromatic carbocycles. The molecule has 0 N–H and O–H groups in total. The van der Waals surface area contributed by atoms with Crippen molar-refractivity contribution in [2.45, 2.75) is 27.1 Å². The van der Waals surface area contributed by atoms with Crippen molar-refractivity contribution in [3.63, 3.8) is 0 Å². The number of rotatable bonds is 7. The maximum absolute atomic E-state index is 12.4. The fourth-order valence-corrected chi connectivity index (χ4v) is 5.12. The number of ether oxygens (including phenoxy) is 2. The zero-order valence-corrected chi connectivity index (χ0v) is 23.4. The van der Waals surface area contributed by atoms with Crippen molar-refractivity contribution in [1.29, 1.82) is 0 Å². The molecule has 5 aromatic rings. The number of thiazole rings is 1. The molecule has 0 fully saturated rings. The van der Waals surface area contributed by atoms with E-state index in [4.69, 9.17) is 4.74 Å². The average Bonchev–Trinajstić information content (AvgIpc) is 3.56. The SMILES string of the molecule is COc1cc(C)c(-n2c(C)csc2=NN=Cc2ccc(-c3ncn(-c4ccc(OC(F)(F)F)cc4)n3)cc2)c(C)c1. The van der Waals surface area contributed by atoms with Crippen LogP contribution < -0.4 is 14.3 Å². The van der Waals surface area contributed by atoms with Gasteiger partial charge in [-0.1, -0.05) is 24.3 Å². The summed E-state index contributed by atoms with van der Waals surface area (Å²) in [5.41, 5.74) is 6.42. The molecule has 210 valence electrons. The molecule has 2 aromatic heterocycles. The van der Waals surface area contributed by atoms with Crippen molar-refractivity contribution in [2.24, 2.45) is 10.2 Å². The minimum atomic E-state index is -4.74. The van der Waals surface area contributed by atoms with E-state index in [0.29, 0.717) is 11.5 Å². The fraction of sp³-hybridized carbons (Fsp3) is 0.172. The van der Waals surface area contributed by atoms with E-state index >= 15 is 0 Å². The Kier molecular flexibility index (Phi) is 7.75. The van der Waals surface area contributed by atoms with E-state index in [0.717, 1.165) is 44.2 Å². The molecule has 41 heavy (non-hydrogen) atoms. The zero-order valence-electron chi connectivity index (χ0n) is 22.5. The summed E-state index contributed by atoms with van der Waals surface area (Å²) in [6, 6.07) is 16.9. The summed E-state index contributed by atoms with van der Waals surface area (Å²) in [6.45, 7) is 6.13. The van der Waals surface area contributed by atoms with Crippen molar-refractivity contribution < 1.29 is 22.6 Å². The van der Waals surface area contributed by atoms with Crippen LogP contribution >= 0.6 is 11.3 Å². The molecule has 0 unspecified atom stereocenters. The van der Waals surface area contributed by atoms with Crippen molar-refractivity contribution >= 4 is 17.6 Å². The summed E-state index contributed by atoms with van der Waals surface area (Å²) >= 11 is 1.51. The summed E-state index contributed by atoms with van der Waals surface area (Å²) in [4.78, 5) is 5.07. The highest BCUT2D eigenvalue weighted by Crippen LogP contribution is 2.26. The van der Waals surface area contributed by atoms with E-state index in [2.05, 4.69) is 29.6 Å². The van der Waals surface area contributed by atoms with E-state index in [1.165, 1.54) is 46.6 Å². The Labute approximate surface area is 237 Å². The van der Waals surface area contributed by atoms with Gasteiger partial charge in [0.25, 0.3) is 0 Å². The Morgan fingerprint density at radius 1 is 0.927 bits per heavy atom. The molecule has 0 aliphatic rings. The molecule has 2 heterocycles. The molecule has 0 aliphatic carbocycles. The van der Waals surface area contributed by atoms with Crippen LogP contribution in [0.25, 0.3) is 22.8 Å². The van der Waals surface area contributed by atoms with Crippen LogP contribution in [0.2, 0.25) is 0 Å². The Hall–Kier alpha value is -4.71. The standard InChI is InChI=1S/C29H25F3N6O2S/c1-18-13-25(39-4)14-19(2)26(18)38-20(3)16-41-28(38)35-34-15-21-5-7-22(8-6-21)27-33-17-37(36-27)23-9-11-24(12-10-23)40-29(30,31)32/h5-17H,1-4H3. The van der Waals surface area contributed by atoms with Crippen molar-refractivity contribution in [1.82, 2.24) is 19.3 Å². The van der Waals surface area contributed by atoms with E-state index < -0.39 is 6.36 Å². The number of alkyl halides is 3. The quantitative estimate of drug-likeness (QED) is 0.162. The van der Waals surface area contributed by atoms with Gasteiger partial charge in [-0.15, -0.1) is 34.7 Å². The molecular formula is C29H25F3N6O2S. The van der Waals surface area contributed by atoms with Gasteiger partial charge in [-0.05, 0) is 73.9 Å². The van der Waals surface area contributed by atoms with Crippen LogP contribution in [-0.4, -0.2) is 39.0 Å². The second-order valence-electron chi connectivity index (χ2n) is 9.13. The Balaban J connectivity index is 1.32. The predicted octanol–water partition coefficient (Wildman–Crippen LogP) is 6.55. The lowest BCUT2D eigenvalue weighted by Crippen LogP contribution is -2.17. The molecule has 0 aliphatic heterocycles. The number of methoxy groups -OCH3 is 1. The van der Waals surface area contributed by atoms with Crippen molar-refractivity contribution in [3.8, 4) is 34.3 Å². The van der Waals surface area contributed by atoms with Gasteiger partial charge in [0, 0.05) is 16.6 Å². The molecule has 0 saturated carbocycles. The van der Waals surface area contributed by atoms with E-state index in [1.54, 1.807) is 13.3 Å². The van der Waals surface area contributed by atoms with Crippen LogP contribution in [0, 0.1) is 20.8 Å². The number of aryl methyl sites for hydroxylation is 3. The number of aromatic nitrogens is 4. The van der Waals surface area contributed by atoms with Gasteiger partial charge in [-0.3, -0.25) is 4.57 Å². The van der Waals surface area contributed by atoms with E-state index in [9.17, 15) is 13.2 Å². The molecule has 0 atom stereocenters. The Morgan fingerprint density at radius 2 is 1.61 bits per heavy atom. The third kappa shape index (κ3) is 6.38. The first kappa shape index (κ1) is 27.8. The van der Waals surface area contributed by atoms with Gasteiger partial charge in [0.15, 0.2) is 5.82 Å². The average molecular weight is 579 g/mol. The van der Waals surface area contributed by atoms with Crippen molar-refractivity contribution in [2.75, 3.05) is 7.11 Å². The van der Waals surface area contributed by atoms with Crippen LogP contribution in [0.15, 0.2) is 82.6 Å². The third-order valence-electron chi connectivity index (χ3n) is 6.15. The van der Waals surface area contributed by atoms with Crippen LogP contribution in [0.3, 0.4) is 0 Å². The zero-order chi connectivity index (χ0) is 29.1. The molecule has 0 amide bonds. The first-order valence-corrected chi connectivity index (χ1v) is 13.3. The van der Waals surface area contributed by atoms with Gasteiger partial charge < -0.3 is 9.47 Å². The summed E-state index contributed by atoms with van der Waals surface area (Å²) in [5.74, 6) is 0.975. The maximum atomic E-state index is 12.4. The summed E-state index contributed by atoms with van der Waals surface area (Å²) in [5, 5.41) is 15.3.